The fourth-order valence-electron chi connectivity index (χ4n) is 1.23. The van der Waals surface area contributed by atoms with Gasteiger partial charge in [-0.3, -0.25) is 0 Å². The lowest BCUT2D eigenvalue weighted by Crippen LogP contribution is -2.00. The molecule has 0 saturated heterocycles. The van der Waals surface area contributed by atoms with E-state index in [4.69, 9.17) is 21.4 Å². The highest BCUT2D eigenvalue weighted by atomic mass is 35.5. The summed E-state index contributed by atoms with van der Waals surface area (Å²) in [5.74, 6) is 0.0512. The van der Waals surface area contributed by atoms with E-state index in [1.807, 2.05) is 0 Å². The Morgan fingerprint density at radius 1 is 1.41 bits per heavy atom. The smallest absolute Gasteiger partial charge is 0.353 e. The number of imidazole rings is 1. The summed E-state index contributed by atoms with van der Waals surface area (Å²) in [7, 11) is 0. The minimum absolute atomic E-state index is 0.0414. The Labute approximate surface area is 102 Å². The molecule has 0 unspecified atom stereocenters. The molecule has 0 fully saturated rings. The molecular weight excluding hydrogens is 244 g/mol. The lowest BCUT2D eigenvalue weighted by molar-refractivity contribution is 0.0691. The molecule has 0 atom stereocenters. The number of nitrogens with one attached hydrogen (secondary N) is 1. The molecule has 1 aromatic heterocycles. The molecule has 2 rings (SSSR count). The van der Waals surface area contributed by atoms with E-state index in [2.05, 4.69) is 9.97 Å². The van der Waals surface area contributed by atoms with Gasteiger partial charge >= 0.3 is 5.97 Å². The van der Waals surface area contributed by atoms with Crippen LogP contribution < -0.4 is 4.74 Å². The number of halogens is 1. The molecular formula is C11H9ClN2O3. The Kier molecular flexibility index (Phi) is 3.30. The Balaban J connectivity index is 1.97. The van der Waals surface area contributed by atoms with Gasteiger partial charge in [0.25, 0.3) is 0 Å². The summed E-state index contributed by atoms with van der Waals surface area (Å²) in [5.41, 5.74) is 0.0414. The summed E-state index contributed by atoms with van der Waals surface area (Å²) in [5, 5.41) is 9.32. The van der Waals surface area contributed by atoms with Crippen LogP contribution in [0.1, 0.15) is 16.3 Å². The van der Waals surface area contributed by atoms with Gasteiger partial charge in [0.2, 0.25) is 0 Å². The van der Waals surface area contributed by atoms with Crippen molar-refractivity contribution < 1.29 is 14.6 Å². The van der Waals surface area contributed by atoms with Crippen molar-refractivity contribution in [3.8, 4) is 5.75 Å². The first kappa shape index (κ1) is 11.5. The molecule has 2 aromatic rings. The maximum absolute atomic E-state index is 10.6. The first-order chi connectivity index (χ1) is 8.15. The molecule has 0 aliphatic rings. The highest BCUT2D eigenvalue weighted by molar-refractivity contribution is 6.30. The third-order valence-electron chi connectivity index (χ3n) is 2.05. The van der Waals surface area contributed by atoms with Gasteiger partial charge in [-0.15, -0.1) is 0 Å². The van der Waals surface area contributed by atoms with Crippen molar-refractivity contribution >= 4 is 17.6 Å². The molecule has 0 saturated carbocycles. The molecule has 0 bridgehead atoms. The highest BCUT2D eigenvalue weighted by Crippen LogP contribution is 2.16. The van der Waals surface area contributed by atoms with Crippen molar-refractivity contribution in [3.63, 3.8) is 0 Å². The van der Waals surface area contributed by atoms with Crippen molar-refractivity contribution in [2.45, 2.75) is 6.61 Å². The average molecular weight is 253 g/mol. The average Bonchev–Trinajstić information content (AvgIpc) is 2.77. The number of nitrogens with zero attached hydrogens (tertiary/aromatic N) is 1. The number of carbonyl (C=O) groups is 1. The number of H-pyrrole nitrogens is 1. The summed E-state index contributed by atoms with van der Waals surface area (Å²) < 4.78 is 5.39. The van der Waals surface area contributed by atoms with Crippen LogP contribution in [0.5, 0.6) is 5.75 Å². The quantitative estimate of drug-likeness (QED) is 0.876. The van der Waals surface area contributed by atoms with Crippen LogP contribution in [0.4, 0.5) is 0 Å². The van der Waals surface area contributed by atoms with Gasteiger partial charge < -0.3 is 14.8 Å². The Morgan fingerprint density at radius 2 is 2.12 bits per heavy atom. The highest BCUT2D eigenvalue weighted by Gasteiger charge is 2.07. The molecule has 17 heavy (non-hydrogen) atoms. The van der Waals surface area contributed by atoms with E-state index in [1.54, 1.807) is 24.3 Å². The predicted octanol–water partition coefficient (Wildman–Crippen LogP) is 2.34. The maximum Gasteiger partial charge on any atom is 0.353 e. The second kappa shape index (κ2) is 4.88. The van der Waals surface area contributed by atoms with Crippen LogP contribution >= 0.6 is 11.6 Å². The Morgan fingerprint density at radius 3 is 2.71 bits per heavy atom. The van der Waals surface area contributed by atoms with Crippen LogP contribution in [0, 0.1) is 0 Å². The molecule has 1 aromatic carbocycles. The van der Waals surface area contributed by atoms with E-state index in [1.165, 1.54) is 6.20 Å². The van der Waals surface area contributed by atoms with Crippen molar-refractivity contribution in [3.05, 3.63) is 47.0 Å². The number of benzene rings is 1. The molecule has 1 heterocycles. The first-order valence-electron chi connectivity index (χ1n) is 4.80. The van der Waals surface area contributed by atoms with Gasteiger partial charge in [-0.1, -0.05) is 11.6 Å². The van der Waals surface area contributed by atoms with Crippen molar-refractivity contribution in [1.29, 1.82) is 0 Å². The summed E-state index contributed by atoms with van der Waals surface area (Å²) in [6.45, 7) is 0.176. The fraction of sp³-hybridized carbons (Fsp3) is 0.0909. The van der Waals surface area contributed by atoms with Gasteiger partial charge in [0, 0.05) is 5.02 Å². The minimum Gasteiger partial charge on any atom is -0.486 e. The number of hydrogen-bond acceptors (Lipinski definition) is 3. The molecule has 6 heteroatoms. The summed E-state index contributed by atoms with van der Waals surface area (Å²) in [4.78, 5) is 17.1. The molecule has 0 amide bonds. The maximum atomic E-state index is 10.6. The fourth-order valence-corrected chi connectivity index (χ4v) is 1.35. The van der Waals surface area contributed by atoms with Gasteiger partial charge in [0.05, 0.1) is 6.20 Å². The SMILES string of the molecule is O=C(O)c1cnc(COc2ccc(Cl)cc2)[nH]1. The zero-order valence-corrected chi connectivity index (χ0v) is 9.44. The van der Waals surface area contributed by atoms with Gasteiger partial charge in [0.1, 0.15) is 23.9 Å². The number of aromatic carboxylic acids is 1. The van der Waals surface area contributed by atoms with Crippen molar-refractivity contribution in [2.24, 2.45) is 0 Å². The minimum atomic E-state index is -1.05. The molecule has 0 aliphatic heterocycles. The summed E-state index contributed by atoms with van der Waals surface area (Å²) in [6, 6.07) is 6.87. The number of carboxylic acid groups (broad SMARTS) is 1. The molecule has 5 nitrogen and oxygen atoms in total. The number of rotatable bonds is 4. The van der Waals surface area contributed by atoms with E-state index < -0.39 is 5.97 Å². The standard InChI is InChI=1S/C11H9ClN2O3/c12-7-1-3-8(4-2-7)17-6-10-13-5-9(14-10)11(15)16/h1-5H,6H2,(H,13,14)(H,15,16). The summed E-state index contributed by atoms with van der Waals surface area (Å²) >= 11 is 5.73. The molecule has 2 N–H and O–H groups in total. The first-order valence-corrected chi connectivity index (χ1v) is 5.18. The van der Waals surface area contributed by atoms with Gasteiger partial charge in [-0.2, -0.15) is 0 Å². The van der Waals surface area contributed by atoms with Crippen LogP contribution in [0.15, 0.2) is 30.5 Å². The summed E-state index contributed by atoms with van der Waals surface area (Å²) in [6.07, 6.45) is 1.25. The van der Waals surface area contributed by atoms with Crippen LogP contribution in [-0.2, 0) is 6.61 Å². The van der Waals surface area contributed by atoms with Crippen LogP contribution in [0.3, 0.4) is 0 Å². The Bertz CT molecular complexity index is 522. The zero-order valence-electron chi connectivity index (χ0n) is 8.68. The molecule has 0 radical (unpaired) electrons. The normalized spacial score (nSPS) is 10.2. The predicted molar refractivity (Wildman–Crippen MR) is 61.3 cm³/mol. The lowest BCUT2D eigenvalue weighted by Gasteiger charge is -2.03. The molecule has 0 spiro atoms. The van der Waals surface area contributed by atoms with Gasteiger partial charge in [-0.05, 0) is 24.3 Å². The van der Waals surface area contributed by atoms with Gasteiger partial charge in [0.15, 0.2) is 0 Å². The Hall–Kier alpha value is -2.01. The van der Waals surface area contributed by atoms with E-state index in [0.29, 0.717) is 16.6 Å². The third kappa shape index (κ3) is 2.98. The monoisotopic (exact) mass is 252 g/mol. The number of carboxylic acids is 1. The van der Waals surface area contributed by atoms with E-state index in [0.717, 1.165) is 0 Å². The van der Waals surface area contributed by atoms with E-state index >= 15 is 0 Å². The number of ether oxygens (including phenoxy) is 1. The lowest BCUT2D eigenvalue weighted by atomic mass is 10.3. The molecule has 88 valence electrons. The zero-order chi connectivity index (χ0) is 12.3. The van der Waals surface area contributed by atoms with Crippen LogP contribution in [0.2, 0.25) is 5.02 Å². The van der Waals surface area contributed by atoms with Gasteiger partial charge in [-0.25, -0.2) is 9.78 Å². The van der Waals surface area contributed by atoms with Crippen LogP contribution in [0.25, 0.3) is 0 Å². The van der Waals surface area contributed by atoms with Crippen molar-refractivity contribution in [1.82, 2.24) is 9.97 Å². The second-order valence-electron chi connectivity index (χ2n) is 3.29. The number of aromatic amines is 1. The molecule has 0 aliphatic carbocycles. The third-order valence-corrected chi connectivity index (χ3v) is 2.30. The number of aromatic nitrogens is 2. The largest absolute Gasteiger partial charge is 0.486 e. The van der Waals surface area contributed by atoms with E-state index in [9.17, 15) is 4.79 Å². The van der Waals surface area contributed by atoms with E-state index in [-0.39, 0.29) is 12.3 Å². The van der Waals surface area contributed by atoms with Crippen LogP contribution in [-0.4, -0.2) is 21.0 Å². The number of hydrogen-bond donors (Lipinski definition) is 2. The van der Waals surface area contributed by atoms with Crippen molar-refractivity contribution in [2.75, 3.05) is 0 Å². The topological polar surface area (TPSA) is 75.2 Å². The second-order valence-corrected chi connectivity index (χ2v) is 3.73.